The highest BCUT2D eigenvalue weighted by Crippen LogP contribution is 2.31. The van der Waals surface area contributed by atoms with Gasteiger partial charge in [-0.15, -0.1) is 0 Å². The molecule has 2 aliphatic heterocycles. The van der Waals surface area contributed by atoms with Crippen LogP contribution in [0.2, 0.25) is 0 Å². The summed E-state index contributed by atoms with van der Waals surface area (Å²) in [5.74, 6) is -0.212. The highest BCUT2D eigenvalue weighted by Gasteiger charge is 2.52. The highest BCUT2D eigenvalue weighted by molar-refractivity contribution is 5.92. The maximum atomic E-state index is 14.3. The Balaban J connectivity index is 1.31. The summed E-state index contributed by atoms with van der Waals surface area (Å²) >= 11 is 0. The molecule has 3 aromatic rings. The fraction of sp³-hybridized carbons (Fsp3) is 0.361. The summed E-state index contributed by atoms with van der Waals surface area (Å²) < 4.78 is 0. The van der Waals surface area contributed by atoms with Crippen LogP contribution >= 0.6 is 0 Å². The molecule has 4 amide bonds. The fourth-order valence-electron chi connectivity index (χ4n) is 6.68. The van der Waals surface area contributed by atoms with Crippen molar-refractivity contribution in [2.24, 2.45) is 0 Å². The van der Waals surface area contributed by atoms with Crippen LogP contribution in [0.15, 0.2) is 90.5 Å². The number of nitrogens with zero attached hydrogens (tertiary/aromatic N) is 4. The van der Waals surface area contributed by atoms with Crippen LogP contribution in [0, 0.1) is 0 Å². The quantitative estimate of drug-likeness (QED) is 0.342. The largest absolute Gasteiger partial charge is 0.388 e. The van der Waals surface area contributed by atoms with E-state index >= 15 is 0 Å². The predicted octanol–water partition coefficient (Wildman–Crippen LogP) is 4.92. The topological polar surface area (TPSA) is 88.2 Å². The maximum Gasteiger partial charge on any atom is 0.332 e. The molecule has 0 aromatic heterocycles. The van der Waals surface area contributed by atoms with Gasteiger partial charge in [0.2, 0.25) is 11.8 Å². The monoisotopic (exact) mass is 606 g/mol. The molecule has 0 spiro atoms. The Hall–Kier alpha value is -4.63. The van der Waals surface area contributed by atoms with Crippen LogP contribution < -0.4 is 10.6 Å². The van der Waals surface area contributed by atoms with E-state index in [-0.39, 0.29) is 24.4 Å². The smallest absolute Gasteiger partial charge is 0.332 e. The Morgan fingerprint density at radius 2 is 1.80 bits per heavy atom. The minimum Gasteiger partial charge on any atom is -0.388 e. The molecule has 45 heavy (non-hydrogen) atoms. The second-order valence-corrected chi connectivity index (χ2v) is 11.9. The molecule has 3 aromatic carbocycles. The molecule has 1 aliphatic carbocycles. The number of hydrogen-bond donors (Lipinski definition) is 2. The van der Waals surface area contributed by atoms with E-state index in [1.54, 1.807) is 9.91 Å². The van der Waals surface area contributed by atoms with Crippen molar-refractivity contribution in [3.63, 3.8) is 0 Å². The predicted molar refractivity (Wildman–Crippen MR) is 177 cm³/mol. The summed E-state index contributed by atoms with van der Waals surface area (Å²) in [6.45, 7) is 3.70. The first kappa shape index (κ1) is 30.4. The Bertz CT molecular complexity index is 1610. The summed E-state index contributed by atoms with van der Waals surface area (Å²) in [6, 6.07) is 21.4. The van der Waals surface area contributed by atoms with Gasteiger partial charge in [-0.05, 0) is 58.9 Å². The summed E-state index contributed by atoms with van der Waals surface area (Å²) in [5.41, 5.74) is 4.09. The first-order valence-corrected chi connectivity index (χ1v) is 16.0. The average molecular weight is 607 g/mol. The van der Waals surface area contributed by atoms with Gasteiger partial charge in [0.1, 0.15) is 12.2 Å². The zero-order valence-corrected chi connectivity index (χ0v) is 26.1. The van der Waals surface area contributed by atoms with E-state index in [1.807, 2.05) is 66.3 Å². The standard InChI is InChI=1S/C36H42N6O3/c1-3-20-40(36(45)38-22-27-10-5-4-6-11-27)41-25-34(43)42-32(21-26-16-18-30(37-2)19-17-26)35(44)39(24-33(41)42)23-29-14-9-13-28-12-7-8-15-31(28)29/h5,7-19,32-33,37H,3-4,6,20-25H2,1-2H3,(H,38,45)/t32-,33+/m0/s1. The Labute approximate surface area is 265 Å². The lowest BCUT2D eigenvalue weighted by molar-refractivity contribution is -0.157. The average Bonchev–Trinajstić information content (AvgIpc) is 3.40. The second kappa shape index (κ2) is 13.6. The Morgan fingerprint density at radius 1 is 1.00 bits per heavy atom. The summed E-state index contributed by atoms with van der Waals surface area (Å²) in [7, 11) is 1.87. The van der Waals surface area contributed by atoms with Crippen LogP contribution in [-0.2, 0) is 22.6 Å². The van der Waals surface area contributed by atoms with E-state index in [0.29, 0.717) is 32.6 Å². The molecule has 2 fully saturated rings. The zero-order chi connectivity index (χ0) is 31.3. The van der Waals surface area contributed by atoms with Gasteiger partial charge in [-0.1, -0.05) is 79.7 Å². The summed E-state index contributed by atoms with van der Waals surface area (Å²) in [4.78, 5) is 45.3. The lowest BCUT2D eigenvalue weighted by atomic mass is 9.98. The van der Waals surface area contributed by atoms with Crippen LogP contribution in [0.1, 0.15) is 37.3 Å². The maximum absolute atomic E-state index is 14.3. The number of benzene rings is 3. The molecule has 6 rings (SSSR count). The molecule has 0 bridgehead atoms. The molecule has 2 heterocycles. The van der Waals surface area contributed by atoms with E-state index in [0.717, 1.165) is 52.4 Å². The summed E-state index contributed by atoms with van der Waals surface area (Å²) in [5, 5.41) is 12.0. The van der Waals surface area contributed by atoms with Crippen molar-refractivity contribution in [2.75, 3.05) is 38.5 Å². The van der Waals surface area contributed by atoms with Crippen molar-refractivity contribution in [2.45, 2.75) is 51.4 Å². The molecule has 234 valence electrons. The van der Waals surface area contributed by atoms with Gasteiger partial charge < -0.3 is 20.4 Å². The molecule has 2 saturated heterocycles. The van der Waals surface area contributed by atoms with Gasteiger partial charge in [-0.2, -0.15) is 5.01 Å². The van der Waals surface area contributed by atoms with Gasteiger partial charge in [0.15, 0.2) is 0 Å². The normalized spacial score (nSPS) is 19.9. The minimum absolute atomic E-state index is 0.0469. The van der Waals surface area contributed by atoms with Crippen molar-refractivity contribution < 1.29 is 14.4 Å². The Morgan fingerprint density at radius 3 is 2.56 bits per heavy atom. The number of carbonyl (C=O) groups excluding carboxylic acids is 3. The fourth-order valence-corrected chi connectivity index (χ4v) is 6.68. The first-order valence-electron chi connectivity index (χ1n) is 16.0. The van der Waals surface area contributed by atoms with E-state index in [1.165, 1.54) is 0 Å². The van der Waals surface area contributed by atoms with Gasteiger partial charge in [0.25, 0.3) is 0 Å². The third-order valence-corrected chi connectivity index (χ3v) is 8.97. The van der Waals surface area contributed by atoms with E-state index in [4.69, 9.17) is 0 Å². The van der Waals surface area contributed by atoms with Crippen LogP contribution in [0.5, 0.6) is 0 Å². The third kappa shape index (κ3) is 6.44. The van der Waals surface area contributed by atoms with Crippen LogP contribution in [0.3, 0.4) is 0 Å². The first-order chi connectivity index (χ1) is 22.0. The number of piperazine rings is 1. The number of carbonyl (C=O) groups is 3. The molecule has 2 N–H and O–H groups in total. The number of hydrogen-bond acceptors (Lipinski definition) is 5. The van der Waals surface area contributed by atoms with Crippen molar-refractivity contribution >= 4 is 34.3 Å². The lowest BCUT2D eigenvalue weighted by Crippen LogP contribution is -2.66. The molecular formula is C36H42N6O3. The lowest BCUT2D eigenvalue weighted by Gasteiger charge is -2.46. The van der Waals surface area contributed by atoms with Crippen molar-refractivity contribution in [1.29, 1.82) is 0 Å². The molecule has 0 unspecified atom stereocenters. The summed E-state index contributed by atoms with van der Waals surface area (Å²) in [6.07, 6.45) is 8.98. The van der Waals surface area contributed by atoms with E-state index < -0.39 is 12.2 Å². The van der Waals surface area contributed by atoms with Gasteiger partial charge in [-0.3, -0.25) is 14.6 Å². The zero-order valence-electron chi connectivity index (χ0n) is 26.1. The molecule has 3 aliphatic rings. The molecule has 9 heteroatoms. The van der Waals surface area contributed by atoms with E-state index in [9.17, 15) is 14.4 Å². The van der Waals surface area contributed by atoms with Gasteiger partial charge in [0.05, 0.1) is 13.1 Å². The molecular weight excluding hydrogens is 564 g/mol. The Kier molecular flexibility index (Phi) is 9.16. The third-order valence-electron chi connectivity index (χ3n) is 8.97. The molecule has 0 saturated carbocycles. The van der Waals surface area contributed by atoms with Crippen molar-refractivity contribution in [1.82, 2.24) is 25.1 Å². The SMILES string of the molecule is CCCN(C(=O)NCC1=CCCC=C1)N1CC(=O)N2[C@@H](Cc3ccc(NC)cc3)C(=O)N(Cc3cccc4ccccc34)C[C@@H]21. The molecule has 0 radical (unpaired) electrons. The van der Waals surface area contributed by atoms with Crippen LogP contribution in [-0.4, -0.2) is 83.1 Å². The van der Waals surface area contributed by atoms with Crippen molar-refractivity contribution in [3.05, 3.63) is 102 Å². The number of amides is 4. The van der Waals surface area contributed by atoms with Gasteiger partial charge >= 0.3 is 6.03 Å². The number of hydrazine groups is 1. The van der Waals surface area contributed by atoms with Crippen LogP contribution in [0.4, 0.5) is 10.5 Å². The van der Waals surface area contributed by atoms with Gasteiger partial charge in [-0.25, -0.2) is 4.79 Å². The van der Waals surface area contributed by atoms with Crippen LogP contribution in [0.25, 0.3) is 10.8 Å². The number of urea groups is 1. The number of nitrogens with one attached hydrogen (secondary N) is 2. The molecule has 9 nitrogen and oxygen atoms in total. The number of fused-ring (bicyclic) bond motifs is 2. The number of rotatable bonds is 10. The molecule has 2 atom stereocenters. The van der Waals surface area contributed by atoms with Crippen molar-refractivity contribution in [3.8, 4) is 0 Å². The van der Waals surface area contributed by atoms with Gasteiger partial charge in [0, 0.05) is 38.8 Å². The number of anilines is 1. The highest BCUT2D eigenvalue weighted by atomic mass is 16.2. The second-order valence-electron chi connectivity index (χ2n) is 11.9. The van der Waals surface area contributed by atoms with E-state index in [2.05, 4.69) is 53.1 Å². The minimum atomic E-state index is -0.680. The number of allylic oxidation sites excluding steroid dienone is 2.